The third kappa shape index (κ3) is 2.43. The molecule has 0 radical (unpaired) electrons. The van der Waals surface area contributed by atoms with Crippen molar-refractivity contribution in [3.8, 4) is 11.8 Å². The maximum atomic E-state index is 11.1. The zero-order valence-electron chi connectivity index (χ0n) is 7.49. The lowest BCUT2D eigenvalue weighted by atomic mass is 10.2. The zero-order valence-corrected chi connectivity index (χ0v) is 10.6. The Morgan fingerprint density at radius 1 is 1.53 bits per heavy atom. The molecule has 0 saturated heterocycles. The highest BCUT2D eigenvalue weighted by Crippen LogP contribution is 2.36. The van der Waals surface area contributed by atoms with Crippen molar-refractivity contribution in [3.63, 3.8) is 0 Å². The van der Waals surface area contributed by atoms with Crippen LogP contribution in [0.15, 0.2) is 21.5 Å². The molecule has 0 fully saturated rings. The average molecular weight is 311 g/mol. The lowest BCUT2D eigenvalue weighted by molar-refractivity contribution is 0.400. The van der Waals surface area contributed by atoms with Crippen LogP contribution in [0.1, 0.15) is 5.56 Å². The third-order valence-corrected chi connectivity index (χ3v) is 3.78. The Balaban J connectivity index is 3.61. The monoisotopic (exact) mass is 309 g/mol. The molecule has 0 aliphatic heterocycles. The minimum absolute atomic E-state index is 0.0315. The van der Waals surface area contributed by atoms with E-state index in [-0.39, 0.29) is 20.7 Å². The highest BCUT2D eigenvalue weighted by atomic mass is 79.9. The Morgan fingerprint density at radius 3 is 2.53 bits per heavy atom. The van der Waals surface area contributed by atoms with Crippen LogP contribution in [0.25, 0.3) is 0 Å². The second kappa shape index (κ2) is 4.39. The molecule has 0 bridgehead atoms. The van der Waals surface area contributed by atoms with Gasteiger partial charge in [0.05, 0.1) is 17.1 Å². The van der Waals surface area contributed by atoms with Crippen LogP contribution in [0.4, 0.5) is 0 Å². The van der Waals surface area contributed by atoms with E-state index in [1.54, 1.807) is 0 Å². The molecule has 0 heterocycles. The average Bonchev–Trinajstić information content (AvgIpc) is 2.15. The van der Waals surface area contributed by atoms with Crippen LogP contribution in [0, 0.1) is 11.3 Å². The lowest BCUT2D eigenvalue weighted by Gasteiger charge is -2.08. The number of hydrogen-bond acceptors (Lipinski definition) is 4. The second-order valence-corrected chi connectivity index (χ2v) is 5.84. The van der Waals surface area contributed by atoms with Gasteiger partial charge in [-0.2, -0.15) is 5.26 Å². The number of methoxy groups -OCH3 is 1. The Bertz CT molecular complexity index is 536. The molecule has 0 saturated carbocycles. The maximum Gasteiger partial charge on any atom is 0.265 e. The summed E-state index contributed by atoms with van der Waals surface area (Å²) in [4.78, 5) is -0.169. The zero-order chi connectivity index (χ0) is 11.6. The molecule has 0 amide bonds. The quantitative estimate of drug-likeness (QED) is 0.786. The lowest BCUT2D eigenvalue weighted by Crippen LogP contribution is -1.98. The normalized spacial score (nSPS) is 10.8. The van der Waals surface area contributed by atoms with E-state index in [0.717, 1.165) is 0 Å². The first-order valence-electron chi connectivity index (χ1n) is 3.63. The predicted molar refractivity (Wildman–Crippen MR) is 58.4 cm³/mol. The number of halogens is 2. The van der Waals surface area contributed by atoms with Crippen LogP contribution < -0.4 is 4.74 Å². The van der Waals surface area contributed by atoms with Gasteiger partial charge in [0.2, 0.25) is 0 Å². The third-order valence-electron chi connectivity index (χ3n) is 1.65. The highest BCUT2D eigenvalue weighted by Gasteiger charge is 2.20. The predicted octanol–water partition coefficient (Wildman–Crippen LogP) is 2.26. The van der Waals surface area contributed by atoms with Gasteiger partial charge in [-0.05, 0) is 28.1 Å². The second-order valence-electron chi connectivity index (χ2n) is 2.51. The van der Waals surface area contributed by atoms with E-state index >= 15 is 0 Å². The first kappa shape index (κ1) is 12.3. The number of benzene rings is 1. The van der Waals surface area contributed by atoms with Gasteiger partial charge in [-0.3, -0.25) is 0 Å². The largest absolute Gasteiger partial charge is 0.494 e. The molecule has 7 heteroatoms. The fourth-order valence-electron chi connectivity index (χ4n) is 1.01. The van der Waals surface area contributed by atoms with Crippen LogP contribution in [0.2, 0.25) is 0 Å². The Hall–Kier alpha value is -0.770. The molecule has 0 aromatic heterocycles. The number of ether oxygens (including phenoxy) is 1. The van der Waals surface area contributed by atoms with Gasteiger partial charge in [0, 0.05) is 10.7 Å². The van der Waals surface area contributed by atoms with Gasteiger partial charge in [0.25, 0.3) is 9.05 Å². The standard InChI is InChI=1S/C8H5BrClNO3S/c1-14-8-6(15(10,12)13)3-2-5(4-11)7(8)9/h2-3H,1H3. The van der Waals surface area contributed by atoms with E-state index in [0.29, 0.717) is 0 Å². The van der Waals surface area contributed by atoms with Gasteiger partial charge < -0.3 is 4.74 Å². The van der Waals surface area contributed by atoms with Gasteiger partial charge in [0.1, 0.15) is 11.0 Å². The molecular weight excluding hydrogens is 306 g/mol. The van der Waals surface area contributed by atoms with E-state index in [1.165, 1.54) is 19.2 Å². The number of rotatable bonds is 2. The molecule has 0 N–H and O–H groups in total. The summed E-state index contributed by atoms with van der Waals surface area (Å²) < 4.78 is 27.4. The number of nitriles is 1. The van der Waals surface area contributed by atoms with Gasteiger partial charge in [0.15, 0.2) is 5.75 Å². The van der Waals surface area contributed by atoms with Crippen LogP contribution >= 0.6 is 26.6 Å². The fourth-order valence-corrected chi connectivity index (χ4v) is 2.74. The van der Waals surface area contributed by atoms with Crippen molar-refractivity contribution in [1.29, 1.82) is 5.26 Å². The van der Waals surface area contributed by atoms with Gasteiger partial charge in [-0.1, -0.05) is 0 Å². The fraction of sp³-hybridized carbons (Fsp3) is 0.125. The summed E-state index contributed by atoms with van der Waals surface area (Å²) in [5.41, 5.74) is 0.274. The van der Waals surface area contributed by atoms with Crippen molar-refractivity contribution in [2.24, 2.45) is 0 Å². The molecule has 1 aromatic rings. The SMILES string of the molecule is COc1c(S(=O)(=O)Cl)ccc(C#N)c1Br. The van der Waals surface area contributed by atoms with Gasteiger partial charge in [-0.25, -0.2) is 8.42 Å². The smallest absolute Gasteiger partial charge is 0.265 e. The number of hydrogen-bond donors (Lipinski definition) is 0. The van der Waals surface area contributed by atoms with Crippen LogP contribution in [0.3, 0.4) is 0 Å². The summed E-state index contributed by atoms with van der Waals surface area (Å²) in [6, 6.07) is 4.46. The molecule has 0 unspecified atom stereocenters. The Labute approximate surface area is 100.0 Å². The van der Waals surface area contributed by atoms with Crippen molar-refractivity contribution in [3.05, 3.63) is 22.2 Å². The van der Waals surface area contributed by atoms with Crippen LogP contribution in [0.5, 0.6) is 5.75 Å². The van der Waals surface area contributed by atoms with Crippen molar-refractivity contribution in [2.75, 3.05) is 7.11 Å². The molecule has 80 valence electrons. The van der Waals surface area contributed by atoms with Crippen molar-refractivity contribution >= 4 is 35.7 Å². The summed E-state index contributed by atoms with van der Waals surface area (Å²) in [5.74, 6) is 0.0315. The molecule has 15 heavy (non-hydrogen) atoms. The molecule has 0 atom stereocenters. The van der Waals surface area contributed by atoms with E-state index in [2.05, 4.69) is 15.9 Å². The first-order chi connectivity index (χ1) is 6.91. The molecule has 4 nitrogen and oxygen atoms in total. The molecule has 1 aromatic carbocycles. The van der Waals surface area contributed by atoms with Gasteiger partial charge >= 0.3 is 0 Å². The van der Waals surface area contributed by atoms with Crippen LogP contribution in [-0.4, -0.2) is 15.5 Å². The van der Waals surface area contributed by atoms with E-state index in [9.17, 15) is 8.42 Å². The minimum Gasteiger partial charge on any atom is -0.494 e. The molecule has 0 aliphatic carbocycles. The van der Waals surface area contributed by atoms with Crippen molar-refractivity contribution in [1.82, 2.24) is 0 Å². The Morgan fingerprint density at radius 2 is 2.13 bits per heavy atom. The van der Waals surface area contributed by atoms with E-state index in [4.69, 9.17) is 20.7 Å². The molecular formula is C8H5BrClNO3S. The van der Waals surface area contributed by atoms with Crippen molar-refractivity contribution < 1.29 is 13.2 Å². The van der Waals surface area contributed by atoms with E-state index < -0.39 is 9.05 Å². The highest BCUT2D eigenvalue weighted by molar-refractivity contribution is 9.10. The topological polar surface area (TPSA) is 67.2 Å². The summed E-state index contributed by atoms with van der Waals surface area (Å²) >= 11 is 3.07. The maximum absolute atomic E-state index is 11.1. The van der Waals surface area contributed by atoms with Crippen molar-refractivity contribution in [2.45, 2.75) is 4.90 Å². The number of nitrogens with zero attached hydrogens (tertiary/aromatic N) is 1. The van der Waals surface area contributed by atoms with E-state index in [1.807, 2.05) is 6.07 Å². The molecule has 1 rings (SSSR count). The van der Waals surface area contributed by atoms with Gasteiger partial charge in [-0.15, -0.1) is 0 Å². The van der Waals surface area contributed by atoms with Crippen LogP contribution in [-0.2, 0) is 9.05 Å². The molecule has 0 aliphatic rings. The Kier molecular flexibility index (Phi) is 3.60. The summed E-state index contributed by atoms with van der Waals surface area (Å²) in [6.45, 7) is 0. The minimum atomic E-state index is -3.89. The summed E-state index contributed by atoms with van der Waals surface area (Å²) in [5, 5.41) is 8.71. The summed E-state index contributed by atoms with van der Waals surface area (Å²) in [6.07, 6.45) is 0. The molecule has 0 spiro atoms. The summed E-state index contributed by atoms with van der Waals surface area (Å²) in [7, 11) is 2.61. The first-order valence-corrected chi connectivity index (χ1v) is 6.73.